The van der Waals surface area contributed by atoms with Crippen LogP contribution in [0.15, 0.2) is 42.7 Å². The van der Waals surface area contributed by atoms with Crippen LogP contribution in [-0.2, 0) is 6.54 Å². The lowest BCUT2D eigenvalue weighted by atomic mass is 10.2. The van der Waals surface area contributed by atoms with E-state index in [-0.39, 0.29) is 11.7 Å². The lowest BCUT2D eigenvalue weighted by Crippen LogP contribution is -2.24. The van der Waals surface area contributed by atoms with Gasteiger partial charge in [0.1, 0.15) is 5.75 Å². The van der Waals surface area contributed by atoms with Crippen molar-refractivity contribution >= 4 is 11.7 Å². The molecule has 0 unspecified atom stereocenters. The first-order valence-corrected chi connectivity index (χ1v) is 6.35. The zero-order valence-electron chi connectivity index (χ0n) is 11.4. The second-order valence-electron chi connectivity index (χ2n) is 4.33. The van der Waals surface area contributed by atoms with Crippen molar-refractivity contribution in [2.75, 3.05) is 7.11 Å². The molecule has 2 heterocycles. The zero-order chi connectivity index (χ0) is 14.7. The predicted molar refractivity (Wildman–Crippen MR) is 74.9 cm³/mol. The Hall–Kier alpha value is -2.96. The maximum atomic E-state index is 12.0. The molecule has 0 atom stereocenters. The van der Waals surface area contributed by atoms with Crippen LogP contribution in [0.25, 0.3) is 5.78 Å². The molecule has 1 aromatic carbocycles. The second-order valence-corrected chi connectivity index (χ2v) is 4.33. The fourth-order valence-electron chi connectivity index (χ4n) is 1.83. The smallest absolute Gasteiger partial charge is 0.291 e. The molecule has 3 rings (SSSR count). The van der Waals surface area contributed by atoms with Gasteiger partial charge in [-0.2, -0.15) is 4.98 Å². The molecule has 1 N–H and O–H groups in total. The summed E-state index contributed by atoms with van der Waals surface area (Å²) in [5.41, 5.74) is 0.964. The van der Waals surface area contributed by atoms with Crippen molar-refractivity contribution in [3.05, 3.63) is 54.1 Å². The van der Waals surface area contributed by atoms with Crippen LogP contribution < -0.4 is 10.1 Å². The topological polar surface area (TPSA) is 81.4 Å². The first-order chi connectivity index (χ1) is 10.3. The molecule has 0 saturated carbocycles. The Labute approximate surface area is 120 Å². The molecule has 3 aromatic rings. The van der Waals surface area contributed by atoms with Crippen molar-refractivity contribution < 1.29 is 9.53 Å². The monoisotopic (exact) mass is 283 g/mol. The van der Waals surface area contributed by atoms with Gasteiger partial charge in [-0.05, 0) is 23.8 Å². The van der Waals surface area contributed by atoms with Crippen LogP contribution in [0.3, 0.4) is 0 Å². The maximum absolute atomic E-state index is 12.0. The maximum Gasteiger partial charge on any atom is 0.291 e. The van der Waals surface area contributed by atoms with E-state index in [1.54, 1.807) is 25.6 Å². The molecule has 0 saturated heterocycles. The van der Waals surface area contributed by atoms with Gasteiger partial charge >= 0.3 is 0 Å². The lowest BCUT2D eigenvalue weighted by Gasteiger charge is -2.04. The molecule has 0 spiro atoms. The average molecular weight is 283 g/mol. The van der Waals surface area contributed by atoms with E-state index in [2.05, 4.69) is 20.4 Å². The van der Waals surface area contributed by atoms with Crippen LogP contribution >= 0.6 is 0 Å². The number of nitrogens with one attached hydrogen (secondary N) is 1. The van der Waals surface area contributed by atoms with Crippen LogP contribution in [0.5, 0.6) is 5.75 Å². The highest BCUT2D eigenvalue weighted by Crippen LogP contribution is 2.11. The number of ether oxygens (including phenoxy) is 1. The summed E-state index contributed by atoms with van der Waals surface area (Å²) >= 11 is 0. The van der Waals surface area contributed by atoms with Crippen molar-refractivity contribution in [3.8, 4) is 5.75 Å². The van der Waals surface area contributed by atoms with Gasteiger partial charge in [0.05, 0.1) is 7.11 Å². The summed E-state index contributed by atoms with van der Waals surface area (Å²) in [7, 11) is 1.61. The Bertz CT molecular complexity index is 733. The normalized spacial score (nSPS) is 10.5. The molecule has 2 aromatic heterocycles. The van der Waals surface area contributed by atoms with Crippen LogP contribution in [0.4, 0.5) is 0 Å². The number of rotatable bonds is 4. The predicted octanol–water partition coefficient (Wildman–Crippen LogP) is 1.06. The second kappa shape index (κ2) is 5.58. The Morgan fingerprint density at radius 1 is 1.33 bits per heavy atom. The van der Waals surface area contributed by atoms with E-state index in [1.807, 2.05) is 24.3 Å². The third-order valence-corrected chi connectivity index (χ3v) is 2.93. The number of benzene rings is 1. The number of carbonyl (C=O) groups is 1. The highest BCUT2D eigenvalue weighted by molar-refractivity contribution is 5.90. The van der Waals surface area contributed by atoms with E-state index in [0.29, 0.717) is 12.3 Å². The number of fused-ring (bicyclic) bond motifs is 1. The molecule has 1 amide bonds. The average Bonchev–Trinajstić information content (AvgIpc) is 2.97. The van der Waals surface area contributed by atoms with Gasteiger partial charge in [0, 0.05) is 18.9 Å². The largest absolute Gasteiger partial charge is 0.497 e. The summed E-state index contributed by atoms with van der Waals surface area (Å²) in [6, 6.07) is 9.18. The van der Waals surface area contributed by atoms with Gasteiger partial charge in [-0.1, -0.05) is 12.1 Å². The van der Waals surface area contributed by atoms with Crippen LogP contribution in [-0.4, -0.2) is 32.6 Å². The third-order valence-electron chi connectivity index (χ3n) is 2.93. The third kappa shape index (κ3) is 2.81. The number of nitrogens with zero attached hydrogens (tertiary/aromatic N) is 4. The van der Waals surface area contributed by atoms with Crippen molar-refractivity contribution in [1.82, 2.24) is 24.9 Å². The highest BCUT2D eigenvalue weighted by atomic mass is 16.5. The van der Waals surface area contributed by atoms with Gasteiger partial charge in [-0.15, -0.1) is 5.10 Å². The molecule has 0 radical (unpaired) electrons. The Morgan fingerprint density at radius 3 is 2.86 bits per heavy atom. The molecule has 0 aliphatic carbocycles. The summed E-state index contributed by atoms with van der Waals surface area (Å²) < 4.78 is 6.54. The van der Waals surface area contributed by atoms with Crippen molar-refractivity contribution in [2.45, 2.75) is 6.54 Å². The van der Waals surface area contributed by atoms with E-state index in [1.165, 1.54) is 4.52 Å². The first kappa shape index (κ1) is 13.0. The molecule has 0 aliphatic rings. The summed E-state index contributed by atoms with van der Waals surface area (Å²) in [6.45, 7) is 0.395. The fourth-order valence-corrected chi connectivity index (χ4v) is 1.83. The van der Waals surface area contributed by atoms with Crippen molar-refractivity contribution in [2.24, 2.45) is 0 Å². The van der Waals surface area contributed by atoms with E-state index in [4.69, 9.17) is 4.74 Å². The van der Waals surface area contributed by atoms with Crippen molar-refractivity contribution in [1.29, 1.82) is 0 Å². The Kier molecular flexibility index (Phi) is 3.46. The van der Waals surface area contributed by atoms with Crippen molar-refractivity contribution in [3.63, 3.8) is 0 Å². The van der Waals surface area contributed by atoms with Gasteiger partial charge in [-0.3, -0.25) is 4.79 Å². The van der Waals surface area contributed by atoms with Crippen LogP contribution in [0, 0.1) is 0 Å². The number of aromatic nitrogens is 4. The summed E-state index contributed by atoms with van der Waals surface area (Å²) in [5, 5.41) is 6.83. The minimum atomic E-state index is -0.337. The number of hydrogen-bond donors (Lipinski definition) is 1. The standard InChI is InChI=1S/C14H13N5O2/c1-21-11-5-3-10(4-6-11)9-16-13(20)12-17-14-15-7-2-8-19(14)18-12/h2-8H,9H2,1H3,(H,16,20). The van der Waals surface area contributed by atoms with Gasteiger partial charge in [0.15, 0.2) is 0 Å². The molecule has 0 aliphatic heterocycles. The molecular weight excluding hydrogens is 270 g/mol. The van der Waals surface area contributed by atoms with Gasteiger partial charge in [-0.25, -0.2) is 9.50 Å². The summed E-state index contributed by atoms with van der Waals surface area (Å²) in [5.74, 6) is 0.934. The van der Waals surface area contributed by atoms with E-state index in [9.17, 15) is 4.79 Å². The van der Waals surface area contributed by atoms with Gasteiger partial charge < -0.3 is 10.1 Å². The number of amides is 1. The zero-order valence-corrected chi connectivity index (χ0v) is 11.4. The SMILES string of the molecule is COc1ccc(CNC(=O)c2nc3ncccn3n2)cc1. The fraction of sp³-hybridized carbons (Fsp3) is 0.143. The molecule has 7 heteroatoms. The van der Waals surface area contributed by atoms with Gasteiger partial charge in [0.25, 0.3) is 11.7 Å². The minimum Gasteiger partial charge on any atom is -0.497 e. The van der Waals surface area contributed by atoms with Crippen LogP contribution in [0.1, 0.15) is 16.2 Å². The number of carbonyl (C=O) groups excluding carboxylic acids is 1. The lowest BCUT2D eigenvalue weighted by molar-refractivity contribution is 0.0940. The summed E-state index contributed by atoms with van der Waals surface area (Å²) in [4.78, 5) is 20.1. The van der Waals surface area contributed by atoms with E-state index in [0.717, 1.165) is 11.3 Å². The molecule has 0 fully saturated rings. The molecule has 0 bridgehead atoms. The summed E-state index contributed by atoms with van der Waals surface area (Å²) in [6.07, 6.45) is 3.29. The van der Waals surface area contributed by atoms with Crippen LogP contribution in [0.2, 0.25) is 0 Å². The number of methoxy groups -OCH3 is 1. The Balaban J connectivity index is 1.68. The molecular formula is C14H13N5O2. The highest BCUT2D eigenvalue weighted by Gasteiger charge is 2.12. The van der Waals surface area contributed by atoms with E-state index < -0.39 is 0 Å². The molecule has 106 valence electrons. The quantitative estimate of drug-likeness (QED) is 0.774. The van der Waals surface area contributed by atoms with Gasteiger partial charge in [0.2, 0.25) is 5.82 Å². The molecule has 21 heavy (non-hydrogen) atoms. The number of hydrogen-bond acceptors (Lipinski definition) is 5. The van der Waals surface area contributed by atoms with E-state index >= 15 is 0 Å². The first-order valence-electron chi connectivity index (χ1n) is 6.35. The minimum absolute atomic E-state index is 0.0993. The molecule has 7 nitrogen and oxygen atoms in total. The Morgan fingerprint density at radius 2 is 2.14 bits per heavy atom.